The van der Waals surface area contributed by atoms with Crippen molar-refractivity contribution in [2.45, 2.75) is 75.1 Å². The third-order valence-electron chi connectivity index (χ3n) is 11.2. The normalized spacial score (nSPS) is 35.2. The lowest BCUT2D eigenvalue weighted by Crippen LogP contribution is -2.49. The zero-order valence-electron chi connectivity index (χ0n) is 25.6. The van der Waals surface area contributed by atoms with Gasteiger partial charge in [0.15, 0.2) is 0 Å². The molecule has 2 aromatic carbocycles. The smallest absolute Gasteiger partial charge is 0.264 e. The number of fused-ring (bicyclic) bond motifs is 5. The molecule has 1 amide bonds. The van der Waals surface area contributed by atoms with E-state index in [1.54, 1.807) is 13.2 Å². The number of methoxy groups -OCH3 is 1. The second kappa shape index (κ2) is 11.7. The Balaban J connectivity index is 1.30. The molecule has 1 N–H and O–H groups in total. The standard InChI is InChI=1S/C35H43ClN2O5S/c1-22-15-24-5-3-7-31(42-2)28-11-8-26(28)19-38-20-35(14-4-6-23-17-27(36)10-12-29(23)35)21-43-32-13-9-25(18-30(32)38)34(39)37-44(40,41)33(24)16-22/h3,7,9-10,12-13,17-18,22,24,26,28,31,33H,4-6,8,11,14-16,19-21H2,1-2H3,(H,37,39)/b7-3+/t22-,24-,26-,28+,31-,33-,35-/m0/s1. The van der Waals surface area contributed by atoms with Crippen LogP contribution in [0, 0.1) is 23.7 Å². The van der Waals surface area contributed by atoms with Gasteiger partial charge in [-0.1, -0.05) is 36.7 Å². The van der Waals surface area contributed by atoms with E-state index >= 15 is 0 Å². The number of sulfonamides is 1. The van der Waals surface area contributed by atoms with E-state index in [0.29, 0.717) is 36.8 Å². The summed E-state index contributed by atoms with van der Waals surface area (Å²) in [6, 6.07) is 11.6. The number of amides is 1. The highest BCUT2D eigenvalue weighted by atomic mass is 35.5. The van der Waals surface area contributed by atoms with Crippen molar-refractivity contribution in [2.24, 2.45) is 23.7 Å². The minimum absolute atomic E-state index is 0.0178. The first-order valence-corrected chi connectivity index (χ1v) is 18.1. The van der Waals surface area contributed by atoms with Crippen molar-refractivity contribution in [2.75, 3.05) is 31.7 Å². The number of hydrogen-bond donors (Lipinski definition) is 1. The maximum absolute atomic E-state index is 13.6. The van der Waals surface area contributed by atoms with E-state index in [2.05, 4.69) is 40.8 Å². The van der Waals surface area contributed by atoms with Gasteiger partial charge in [-0.15, -0.1) is 0 Å². The van der Waals surface area contributed by atoms with Crippen LogP contribution in [0.3, 0.4) is 0 Å². The average Bonchev–Trinajstić information content (AvgIpc) is 3.30. The van der Waals surface area contributed by atoms with Gasteiger partial charge >= 0.3 is 0 Å². The topological polar surface area (TPSA) is 84.9 Å². The molecule has 236 valence electrons. The number of aryl methyl sites for hydroxylation is 1. The van der Waals surface area contributed by atoms with Gasteiger partial charge in [-0.25, -0.2) is 13.1 Å². The van der Waals surface area contributed by atoms with Crippen molar-refractivity contribution in [1.29, 1.82) is 0 Å². The zero-order chi connectivity index (χ0) is 30.6. The molecule has 9 heteroatoms. The molecule has 1 spiro atoms. The molecule has 0 aromatic heterocycles. The highest BCUT2D eigenvalue weighted by Crippen LogP contribution is 2.47. The fourth-order valence-corrected chi connectivity index (χ4v) is 10.9. The Kier molecular flexibility index (Phi) is 7.99. The molecule has 0 saturated heterocycles. The molecule has 2 fully saturated rings. The molecular weight excluding hydrogens is 596 g/mol. The van der Waals surface area contributed by atoms with Crippen LogP contribution in [0.15, 0.2) is 48.6 Å². The van der Waals surface area contributed by atoms with Crippen molar-refractivity contribution < 1.29 is 22.7 Å². The van der Waals surface area contributed by atoms with E-state index in [1.165, 1.54) is 11.1 Å². The van der Waals surface area contributed by atoms with Crippen LogP contribution in [0.25, 0.3) is 0 Å². The summed E-state index contributed by atoms with van der Waals surface area (Å²) < 4.78 is 42.3. The van der Waals surface area contributed by atoms with E-state index in [4.69, 9.17) is 21.1 Å². The van der Waals surface area contributed by atoms with Gasteiger partial charge in [0.2, 0.25) is 10.0 Å². The lowest BCUT2D eigenvalue weighted by molar-refractivity contribution is 0.0131. The van der Waals surface area contributed by atoms with Gasteiger partial charge in [-0.2, -0.15) is 0 Å². The van der Waals surface area contributed by atoms with Crippen molar-refractivity contribution in [3.63, 3.8) is 0 Å². The van der Waals surface area contributed by atoms with Crippen LogP contribution >= 0.6 is 11.6 Å². The van der Waals surface area contributed by atoms with Gasteiger partial charge in [0.05, 0.1) is 23.6 Å². The molecule has 3 aliphatic carbocycles. The third-order valence-corrected chi connectivity index (χ3v) is 13.3. The number of anilines is 1. The molecule has 2 aliphatic heterocycles. The number of allylic oxidation sites excluding steroid dienone is 1. The summed E-state index contributed by atoms with van der Waals surface area (Å²) in [5.41, 5.74) is 3.53. The number of hydrogen-bond acceptors (Lipinski definition) is 6. The first-order chi connectivity index (χ1) is 21.2. The summed E-state index contributed by atoms with van der Waals surface area (Å²) in [6.45, 7) is 4.19. The van der Waals surface area contributed by atoms with Gasteiger partial charge in [0, 0.05) is 36.2 Å². The number of carbonyl (C=O) groups excluding carboxylic acids is 1. The maximum atomic E-state index is 13.6. The molecule has 5 aliphatic rings. The largest absolute Gasteiger partial charge is 0.490 e. The number of rotatable bonds is 1. The molecule has 2 saturated carbocycles. The van der Waals surface area contributed by atoms with Gasteiger partial charge in [-0.3, -0.25) is 4.79 Å². The number of carbonyl (C=O) groups is 1. The first kappa shape index (κ1) is 30.1. The third kappa shape index (κ3) is 5.45. The Morgan fingerprint density at radius 3 is 2.77 bits per heavy atom. The molecule has 7 nitrogen and oxygen atoms in total. The summed E-state index contributed by atoms with van der Waals surface area (Å²) >= 11 is 6.42. The fourth-order valence-electron chi connectivity index (χ4n) is 8.82. The predicted molar refractivity (Wildman–Crippen MR) is 173 cm³/mol. The summed E-state index contributed by atoms with van der Waals surface area (Å²) in [7, 11) is -2.09. The van der Waals surface area contributed by atoms with E-state index < -0.39 is 21.2 Å². The van der Waals surface area contributed by atoms with E-state index in [0.717, 1.165) is 68.1 Å². The molecule has 44 heavy (non-hydrogen) atoms. The molecular formula is C35H43ClN2O5S. The van der Waals surface area contributed by atoms with Crippen molar-refractivity contribution in [3.05, 3.63) is 70.3 Å². The summed E-state index contributed by atoms with van der Waals surface area (Å²) in [5.74, 6) is 1.20. The highest BCUT2D eigenvalue weighted by Gasteiger charge is 2.45. The second-order valence-electron chi connectivity index (χ2n) is 14.0. The molecule has 0 unspecified atom stereocenters. The van der Waals surface area contributed by atoms with Crippen LogP contribution in [-0.2, 0) is 26.6 Å². The molecule has 0 radical (unpaired) electrons. The predicted octanol–water partition coefficient (Wildman–Crippen LogP) is 6.29. The summed E-state index contributed by atoms with van der Waals surface area (Å²) in [5, 5.41) is 0.153. The SMILES string of the molecule is CO[C@H]1/C=C/C[C@H]2C[C@H](C)C[C@@H]2S(=O)(=O)NC(=O)c2ccc3c(c2)N(C[C@@H]2CC[C@H]21)C[C@@]1(CCCc2cc(Cl)ccc21)CO3. The molecule has 2 heterocycles. The van der Waals surface area contributed by atoms with Crippen LogP contribution in [-0.4, -0.2) is 52.5 Å². The quantitative estimate of drug-likeness (QED) is 0.370. The van der Waals surface area contributed by atoms with E-state index in [-0.39, 0.29) is 23.4 Å². The van der Waals surface area contributed by atoms with Gasteiger partial charge in [0.1, 0.15) is 5.75 Å². The van der Waals surface area contributed by atoms with E-state index in [1.807, 2.05) is 18.2 Å². The monoisotopic (exact) mass is 638 g/mol. The Hall–Kier alpha value is -2.55. The van der Waals surface area contributed by atoms with Gasteiger partial charge in [-0.05, 0) is 116 Å². The summed E-state index contributed by atoms with van der Waals surface area (Å²) in [6.07, 6.45) is 11.6. The molecule has 2 bridgehead atoms. The molecule has 2 aromatic rings. The van der Waals surface area contributed by atoms with Crippen LogP contribution in [0.2, 0.25) is 5.02 Å². The number of nitrogens with zero attached hydrogens (tertiary/aromatic N) is 1. The Bertz CT molecular complexity index is 1580. The number of benzene rings is 2. The van der Waals surface area contributed by atoms with Gasteiger partial charge < -0.3 is 14.4 Å². The minimum atomic E-state index is -3.87. The van der Waals surface area contributed by atoms with Gasteiger partial charge in [0.25, 0.3) is 5.91 Å². The summed E-state index contributed by atoms with van der Waals surface area (Å²) in [4.78, 5) is 16.0. The Morgan fingerprint density at radius 2 is 1.98 bits per heavy atom. The van der Waals surface area contributed by atoms with Crippen molar-refractivity contribution >= 4 is 33.2 Å². The maximum Gasteiger partial charge on any atom is 0.264 e. The lowest BCUT2D eigenvalue weighted by Gasteiger charge is -2.46. The van der Waals surface area contributed by atoms with Crippen molar-refractivity contribution in [1.82, 2.24) is 4.72 Å². The molecule has 7 rings (SSSR count). The van der Waals surface area contributed by atoms with Crippen LogP contribution < -0.4 is 14.4 Å². The van der Waals surface area contributed by atoms with Crippen LogP contribution in [0.1, 0.15) is 73.4 Å². The van der Waals surface area contributed by atoms with E-state index in [9.17, 15) is 13.2 Å². The number of nitrogens with one attached hydrogen (secondary N) is 1. The Labute approximate surface area is 266 Å². The highest BCUT2D eigenvalue weighted by molar-refractivity contribution is 7.90. The van der Waals surface area contributed by atoms with Crippen molar-refractivity contribution in [3.8, 4) is 5.75 Å². The number of halogens is 1. The minimum Gasteiger partial charge on any atom is -0.490 e. The second-order valence-corrected chi connectivity index (χ2v) is 16.3. The van der Waals surface area contributed by atoms with Crippen LogP contribution in [0.4, 0.5) is 5.69 Å². The Morgan fingerprint density at radius 1 is 1.11 bits per heavy atom. The number of ether oxygens (including phenoxy) is 2. The first-order valence-electron chi connectivity index (χ1n) is 16.2. The molecule has 7 atom stereocenters. The zero-order valence-corrected chi connectivity index (χ0v) is 27.2. The average molecular weight is 639 g/mol. The lowest BCUT2D eigenvalue weighted by atomic mass is 9.68. The van der Waals surface area contributed by atoms with Crippen LogP contribution in [0.5, 0.6) is 5.75 Å². The fraction of sp³-hybridized carbons (Fsp3) is 0.571.